The molecule has 0 radical (unpaired) electrons. The summed E-state index contributed by atoms with van der Waals surface area (Å²) in [5, 5.41) is 23.2. The molecule has 1 aliphatic heterocycles. The van der Waals surface area contributed by atoms with E-state index in [0.717, 1.165) is 11.3 Å². The second-order valence-electron chi connectivity index (χ2n) is 6.08. The van der Waals surface area contributed by atoms with Gasteiger partial charge in [-0.05, 0) is 23.8 Å². The molecule has 1 saturated heterocycles. The van der Waals surface area contributed by atoms with Crippen molar-refractivity contribution >= 4 is 5.97 Å². The van der Waals surface area contributed by atoms with E-state index in [1.807, 2.05) is 17.8 Å². The number of carboxylic acid groups (broad SMARTS) is 1. The van der Waals surface area contributed by atoms with Gasteiger partial charge < -0.3 is 14.9 Å². The predicted octanol–water partition coefficient (Wildman–Crippen LogP) is 0.671. The molecule has 0 amide bonds. The third kappa shape index (κ3) is 3.93. The first-order chi connectivity index (χ1) is 11.5. The number of carboxylic acids is 1. The molecular formula is C17H21N3O4. The van der Waals surface area contributed by atoms with Crippen LogP contribution in [0.3, 0.4) is 0 Å². The largest absolute Gasteiger partial charge is 0.486 e. The van der Waals surface area contributed by atoms with Gasteiger partial charge in [-0.1, -0.05) is 12.1 Å². The summed E-state index contributed by atoms with van der Waals surface area (Å²) in [6.45, 7) is 1.89. The molecule has 2 heterocycles. The molecule has 2 atom stereocenters. The van der Waals surface area contributed by atoms with Crippen LogP contribution in [0.2, 0.25) is 0 Å². The first kappa shape index (κ1) is 16.5. The minimum absolute atomic E-state index is 0.00912. The molecule has 24 heavy (non-hydrogen) atoms. The highest BCUT2D eigenvalue weighted by Crippen LogP contribution is 2.21. The molecule has 2 N–H and O–H groups in total. The van der Waals surface area contributed by atoms with E-state index < -0.39 is 12.1 Å². The van der Waals surface area contributed by atoms with E-state index in [2.05, 4.69) is 10.00 Å². The van der Waals surface area contributed by atoms with Crippen molar-refractivity contribution in [1.29, 1.82) is 0 Å². The van der Waals surface area contributed by atoms with E-state index in [4.69, 9.17) is 9.84 Å². The highest BCUT2D eigenvalue weighted by molar-refractivity contribution is 5.70. The molecule has 0 unspecified atom stereocenters. The first-order valence-corrected chi connectivity index (χ1v) is 7.86. The smallest absolute Gasteiger partial charge is 0.307 e. The summed E-state index contributed by atoms with van der Waals surface area (Å²) < 4.78 is 7.69. The Hall–Kier alpha value is -2.38. The van der Waals surface area contributed by atoms with E-state index in [1.54, 1.807) is 30.5 Å². The normalized spacial score (nSPS) is 21.1. The predicted molar refractivity (Wildman–Crippen MR) is 86.7 cm³/mol. The minimum atomic E-state index is -0.860. The molecule has 128 valence electrons. The molecule has 0 bridgehead atoms. The maximum Gasteiger partial charge on any atom is 0.307 e. The Morgan fingerprint density at radius 2 is 2.04 bits per heavy atom. The molecule has 2 aromatic rings. The Bertz CT molecular complexity index is 698. The molecule has 3 rings (SSSR count). The van der Waals surface area contributed by atoms with Crippen molar-refractivity contribution in [3.05, 3.63) is 47.8 Å². The molecule has 0 saturated carbocycles. The summed E-state index contributed by atoms with van der Waals surface area (Å²) >= 11 is 0. The Labute approximate surface area is 140 Å². The number of aliphatic hydroxyl groups excluding tert-OH is 1. The van der Waals surface area contributed by atoms with Gasteiger partial charge in [-0.2, -0.15) is 5.10 Å². The van der Waals surface area contributed by atoms with Crippen LogP contribution >= 0.6 is 0 Å². The van der Waals surface area contributed by atoms with Crippen LogP contribution in [0.1, 0.15) is 11.3 Å². The number of rotatable bonds is 6. The van der Waals surface area contributed by atoms with E-state index in [-0.39, 0.29) is 12.5 Å². The number of hydrogen-bond acceptors (Lipinski definition) is 5. The Morgan fingerprint density at radius 1 is 1.29 bits per heavy atom. The standard InChI is InChI=1S/C17H21N3O4/c1-19-13(6-7-18-19)9-20-10-15(21)16(11-20)24-14-4-2-12(3-5-14)8-17(22)23/h2-7,15-16,21H,8-11H2,1H3,(H,22,23)/t15-,16-/m1/s1. The number of hydrogen-bond donors (Lipinski definition) is 2. The zero-order chi connectivity index (χ0) is 17.1. The van der Waals surface area contributed by atoms with Gasteiger partial charge >= 0.3 is 5.97 Å². The fourth-order valence-corrected chi connectivity index (χ4v) is 2.90. The molecule has 1 aromatic carbocycles. The van der Waals surface area contributed by atoms with E-state index in [0.29, 0.717) is 25.4 Å². The van der Waals surface area contributed by atoms with Gasteiger partial charge in [0.05, 0.1) is 12.1 Å². The molecule has 7 heteroatoms. The van der Waals surface area contributed by atoms with Gasteiger partial charge in [0.1, 0.15) is 18.0 Å². The topological polar surface area (TPSA) is 87.8 Å². The summed E-state index contributed by atoms with van der Waals surface area (Å²) in [6, 6.07) is 8.92. The number of aryl methyl sites for hydroxylation is 1. The number of nitrogens with zero attached hydrogens (tertiary/aromatic N) is 3. The van der Waals surface area contributed by atoms with Crippen molar-refractivity contribution < 1.29 is 19.7 Å². The lowest BCUT2D eigenvalue weighted by Gasteiger charge is -2.17. The van der Waals surface area contributed by atoms with Crippen LogP contribution in [-0.2, 0) is 24.8 Å². The van der Waals surface area contributed by atoms with Gasteiger partial charge in [0.2, 0.25) is 0 Å². The van der Waals surface area contributed by atoms with Crippen LogP contribution in [0.5, 0.6) is 5.75 Å². The van der Waals surface area contributed by atoms with Crippen LogP contribution in [0.25, 0.3) is 0 Å². The lowest BCUT2D eigenvalue weighted by molar-refractivity contribution is -0.136. The number of benzene rings is 1. The Balaban J connectivity index is 1.57. The monoisotopic (exact) mass is 331 g/mol. The second-order valence-corrected chi connectivity index (χ2v) is 6.08. The highest BCUT2D eigenvalue weighted by atomic mass is 16.5. The van der Waals surface area contributed by atoms with Crippen LogP contribution in [0.15, 0.2) is 36.5 Å². The van der Waals surface area contributed by atoms with Crippen molar-refractivity contribution in [2.24, 2.45) is 7.05 Å². The average molecular weight is 331 g/mol. The Kier molecular flexibility index (Phi) is 4.82. The number of ether oxygens (including phenoxy) is 1. The molecule has 0 aliphatic carbocycles. The summed E-state index contributed by atoms with van der Waals surface area (Å²) in [6.07, 6.45) is 0.889. The summed E-state index contributed by atoms with van der Waals surface area (Å²) in [5.74, 6) is -0.226. The van der Waals surface area contributed by atoms with Gasteiger partial charge in [-0.3, -0.25) is 14.4 Å². The molecular weight excluding hydrogens is 310 g/mol. The van der Waals surface area contributed by atoms with Gasteiger partial charge in [0.15, 0.2) is 0 Å². The highest BCUT2D eigenvalue weighted by Gasteiger charge is 2.33. The van der Waals surface area contributed by atoms with Crippen molar-refractivity contribution in [2.75, 3.05) is 13.1 Å². The molecule has 7 nitrogen and oxygen atoms in total. The quantitative estimate of drug-likeness (QED) is 0.809. The lowest BCUT2D eigenvalue weighted by Crippen LogP contribution is -2.30. The van der Waals surface area contributed by atoms with Gasteiger partial charge in [-0.15, -0.1) is 0 Å². The van der Waals surface area contributed by atoms with Crippen molar-refractivity contribution in [3.63, 3.8) is 0 Å². The third-order valence-electron chi connectivity index (χ3n) is 4.19. The van der Waals surface area contributed by atoms with Crippen LogP contribution in [-0.4, -0.2) is 56.2 Å². The number of aliphatic hydroxyl groups is 1. The average Bonchev–Trinajstić information content (AvgIpc) is 3.08. The maximum absolute atomic E-state index is 10.7. The zero-order valence-corrected chi connectivity index (χ0v) is 13.5. The number of carbonyl (C=O) groups is 1. The third-order valence-corrected chi connectivity index (χ3v) is 4.19. The number of aliphatic carboxylic acids is 1. The fourth-order valence-electron chi connectivity index (χ4n) is 2.90. The van der Waals surface area contributed by atoms with Gasteiger partial charge in [0.25, 0.3) is 0 Å². The molecule has 1 fully saturated rings. The van der Waals surface area contributed by atoms with Crippen LogP contribution in [0.4, 0.5) is 0 Å². The molecule has 1 aromatic heterocycles. The van der Waals surface area contributed by atoms with Crippen LogP contribution in [0, 0.1) is 0 Å². The van der Waals surface area contributed by atoms with Gasteiger partial charge in [-0.25, -0.2) is 0 Å². The molecule has 1 aliphatic rings. The lowest BCUT2D eigenvalue weighted by atomic mass is 10.1. The first-order valence-electron chi connectivity index (χ1n) is 7.86. The second kappa shape index (κ2) is 7.02. The SMILES string of the molecule is Cn1nccc1CN1C[C@@H](O)[C@H](Oc2ccc(CC(=O)O)cc2)C1. The Morgan fingerprint density at radius 3 is 2.67 bits per heavy atom. The minimum Gasteiger partial charge on any atom is -0.486 e. The molecule has 0 spiro atoms. The van der Waals surface area contributed by atoms with Gasteiger partial charge in [0, 0.05) is 32.9 Å². The maximum atomic E-state index is 10.7. The van der Waals surface area contributed by atoms with Crippen molar-refractivity contribution in [2.45, 2.75) is 25.2 Å². The number of likely N-dealkylation sites (tertiary alicyclic amines) is 1. The van der Waals surface area contributed by atoms with Crippen molar-refractivity contribution in [1.82, 2.24) is 14.7 Å². The summed E-state index contributed by atoms with van der Waals surface area (Å²) in [4.78, 5) is 12.8. The summed E-state index contributed by atoms with van der Waals surface area (Å²) in [7, 11) is 1.90. The van der Waals surface area contributed by atoms with E-state index >= 15 is 0 Å². The van der Waals surface area contributed by atoms with Crippen LogP contribution < -0.4 is 4.74 Å². The number of β-amino-alcohol motifs (C(OH)–C–C–N with tert-alkyl or cyclic N) is 1. The zero-order valence-electron chi connectivity index (χ0n) is 13.5. The van der Waals surface area contributed by atoms with E-state index in [1.165, 1.54) is 0 Å². The van der Waals surface area contributed by atoms with E-state index in [9.17, 15) is 9.90 Å². The summed E-state index contributed by atoms with van der Waals surface area (Å²) in [5.41, 5.74) is 1.81. The fraction of sp³-hybridized carbons (Fsp3) is 0.412. The number of aromatic nitrogens is 2. The van der Waals surface area contributed by atoms with Crippen molar-refractivity contribution in [3.8, 4) is 5.75 Å².